The molecular formula is C9H20Cl3N3OTi. The Morgan fingerprint density at radius 3 is 2.18 bits per heavy atom. The molecular weight excluding hydrogens is 320 g/mol. The Balaban J connectivity index is -0.000000211. The van der Waals surface area contributed by atoms with Gasteiger partial charge in [-0.3, -0.25) is 0 Å². The molecule has 1 saturated heterocycles. The van der Waals surface area contributed by atoms with Gasteiger partial charge in [-0.25, -0.2) is 0 Å². The predicted molar refractivity (Wildman–Crippen MR) is 53.2 cm³/mol. The van der Waals surface area contributed by atoms with E-state index in [-0.39, 0.29) is 58.9 Å². The Labute approximate surface area is 138 Å². The second-order valence-electron chi connectivity index (χ2n) is 3.50. The average Bonchev–Trinajstić information content (AvgIpc) is 2.20. The van der Waals surface area contributed by atoms with E-state index in [1.54, 1.807) is 7.11 Å². The number of rotatable bonds is 1. The number of nitrogens with one attached hydrogen (secondary N) is 1. The summed E-state index contributed by atoms with van der Waals surface area (Å²) in [5.74, 6) is 0. The fourth-order valence-electron chi connectivity index (χ4n) is 1.39. The summed E-state index contributed by atoms with van der Waals surface area (Å²) in [7, 11) is 5.95. The zero-order chi connectivity index (χ0) is 9.68. The van der Waals surface area contributed by atoms with E-state index >= 15 is 0 Å². The number of hydrogen-bond acceptors (Lipinski definition) is 4. The van der Waals surface area contributed by atoms with Crippen molar-refractivity contribution in [1.29, 1.82) is 0 Å². The van der Waals surface area contributed by atoms with Crippen molar-refractivity contribution in [3.63, 3.8) is 0 Å². The van der Waals surface area contributed by atoms with Crippen LogP contribution in [-0.2, 0) is 26.5 Å². The van der Waals surface area contributed by atoms with Gasteiger partial charge in [-0.15, -0.1) is 6.23 Å². The van der Waals surface area contributed by atoms with Gasteiger partial charge in [-0.2, -0.15) is 0 Å². The molecule has 17 heavy (non-hydrogen) atoms. The van der Waals surface area contributed by atoms with Crippen LogP contribution >= 0.6 is 0 Å². The molecule has 1 aliphatic rings. The van der Waals surface area contributed by atoms with Crippen LogP contribution in [0.5, 0.6) is 0 Å². The van der Waals surface area contributed by atoms with E-state index in [4.69, 9.17) is 4.74 Å². The van der Waals surface area contributed by atoms with Gasteiger partial charge in [0.2, 0.25) is 0 Å². The molecule has 1 heterocycles. The Morgan fingerprint density at radius 1 is 1.06 bits per heavy atom. The molecule has 102 valence electrons. The Bertz CT molecular complexity index is 159. The molecule has 0 aliphatic carbocycles. The van der Waals surface area contributed by atoms with Crippen LogP contribution in [0.2, 0.25) is 0 Å². The standard InChI is InChI=1S/C9H20N3O.3ClH.Ti/c1-11-5-4-10-8-9(13-3)12(2)7-6-11;;;;/h10H,4-8H2,1-3H3;3*1H;/q-1;;;;+4/p-3. The first-order chi connectivity index (χ1) is 6.24. The quantitative estimate of drug-likeness (QED) is 0.379. The SMILES string of the molecule is CO[C-]1CNCCN(C)CCN1C.[Cl-].[Cl-].[Cl-].[Ti+4]. The van der Waals surface area contributed by atoms with Gasteiger partial charge >= 0.3 is 21.7 Å². The predicted octanol–water partition coefficient (Wildman–Crippen LogP) is -9.40. The largest absolute Gasteiger partial charge is 4.00 e. The Morgan fingerprint density at radius 2 is 1.65 bits per heavy atom. The fraction of sp³-hybridized carbons (Fsp3) is 0.889. The van der Waals surface area contributed by atoms with Crippen LogP contribution in [-0.4, -0.2) is 63.7 Å². The van der Waals surface area contributed by atoms with Crippen molar-refractivity contribution in [2.45, 2.75) is 0 Å². The van der Waals surface area contributed by atoms with Gasteiger partial charge in [0.15, 0.2) is 0 Å². The van der Waals surface area contributed by atoms with Crippen molar-refractivity contribution in [2.75, 3.05) is 53.9 Å². The summed E-state index contributed by atoms with van der Waals surface area (Å²) < 4.78 is 5.29. The second kappa shape index (κ2) is 15.5. The minimum atomic E-state index is 0. The van der Waals surface area contributed by atoms with Crippen molar-refractivity contribution >= 4 is 0 Å². The van der Waals surface area contributed by atoms with Crippen molar-refractivity contribution in [3.05, 3.63) is 6.23 Å². The van der Waals surface area contributed by atoms with Crippen LogP contribution in [0.3, 0.4) is 0 Å². The van der Waals surface area contributed by atoms with E-state index in [0.717, 1.165) is 39.0 Å². The summed E-state index contributed by atoms with van der Waals surface area (Å²) in [6.07, 6.45) is 1.02. The summed E-state index contributed by atoms with van der Waals surface area (Å²) in [6, 6.07) is 0. The Hall–Kier alpha value is 1.42. The van der Waals surface area contributed by atoms with Gasteiger partial charge in [-0.05, 0) is 20.6 Å². The molecule has 0 radical (unpaired) electrons. The smallest absolute Gasteiger partial charge is 1.00 e. The molecule has 0 amide bonds. The number of ether oxygens (including phenoxy) is 1. The van der Waals surface area contributed by atoms with E-state index in [1.165, 1.54) is 0 Å². The van der Waals surface area contributed by atoms with Gasteiger partial charge in [0.05, 0.1) is 0 Å². The number of methoxy groups -OCH3 is 1. The molecule has 0 spiro atoms. The molecule has 0 aromatic rings. The maximum absolute atomic E-state index is 5.29. The molecule has 0 aromatic heterocycles. The van der Waals surface area contributed by atoms with Crippen molar-refractivity contribution < 1.29 is 63.7 Å². The van der Waals surface area contributed by atoms with Crippen LogP contribution in [0.4, 0.5) is 0 Å². The van der Waals surface area contributed by atoms with Crippen LogP contribution in [0.25, 0.3) is 0 Å². The first kappa shape index (κ1) is 26.9. The third-order valence-electron chi connectivity index (χ3n) is 2.43. The summed E-state index contributed by atoms with van der Waals surface area (Å²) in [5.41, 5.74) is 0. The summed E-state index contributed by atoms with van der Waals surface area (Å²) in [6.45, 7) is 5.08. The zero-order valence-corrected chi connectivity index (χ0v) is 14.3. The molecule has 8 heteroatoms. The summed E-state index contributed by atoms with van der Waals surface area (Å²) >= 11 is 0. The van der Waals surface area contributed by atoms with Crippen LogP contribution < -0.4 is 42.5 Å². The van der Waals surface area contributed by atoms with E-state index in [0.29, 0.717) is 0 Å². The van der Waals surface area contributed by atoms with E-state index in [1.807, 2.05) is 0 Å². The van der Waals surface area contributed by atoms with Gasteiger partial charge in [0.1, 0.15) is 0 Å². The first-order valence-electron chi connectivity index (χ1n) is 4.74. The number of nitrogens with zero attached hydrogens (tertiary/aromatic N) is 2. The zero-order valence-electron chi connectivity index (χ0n) is 10.5. The van der Waals surface area contributed by atoms with Crippen LogP contribution in [0.1, 0.15) is 0 Å². The normalized spacial score (nSPS) is 19.2. The summed E-state index contributed by atoms with van der Waals surface area (Å²) in [4.78, 5) is 4.48. The molecule has 0 saturated carbocycles. The van der Waals surface area contributed by atoms with Crippen LogP contribution in [0.15, 0.2) is 0 Å². The minimum Gasteiger partial charge on any atom is -1.00 e. The van der Waals surface area contributed by atoms with Gasteiger partial charge < -0.3 is 57.1 Å². The third kappa shape index (κ3) is 11.0. The number of hydrogen-bond donors (Lipinski definition) is 1. The number of likely N-dealkylation sites (N-methyl/N-ethyl adjacent to an activating group) is 2. The molecule has 1 rings (SSSR count). The summed E-state index contributed by atoms with van der Waals surface area (Å²) in [5, 5.41) is 3.34. The maximum atomic E-state index is 5.29. The van der Waals surface area contributed by atoms with Crippen molar-refractivity contribution in [1.82, 2.24) is 15.1 Å². The average molecular weight is 341 g/mol. The van der Waals surface area contributed by atoms with Crippen molar-refractivity contribution in [2.24, 2.45) is 0 Å². The minimum absolute atomic E-state index is 0. The molecule has 0 bridgehead atoms. The molecule has 1 N–H and O–H groups in total. The van der Waals surface area contributed by atoms with Gasteiger partial charge in [0, 0.05) is 26.7 Å². The van der Waals surface area contributed by atoms with Crippen molar-refractivity contribution in [3.8, 4) is 0 Å². The second-order valence-corrected chi connectivity index (χ2v) is 3.50. The van der Waals surface area contributed by atoms with Gasteiger partial charge in [0.25, 0.3) is 0 Å². The Kier molecular flexibility index (Phi) is 24.5. The third-order valence-corrected chi connectivity index (χ3v) is 2.43. The molecule has 0 atom stereocenters. The van der Waals surface area contributed by atoms with Gasteiger partial charge in [-0.1, -0.05) is 6.54 Å². The monoisotopic (exact) mass is 339 g/mol. The van der Waals surface area contributed by atoms with Crippen LogP contribution in [0, 0.1) is 6.23 Å². The topological polar surface area (TPSA) is 27.7 Å². The van der Waals surface area contributed by atoms with E-state index in [2.05, 4.69) is 29.2 Å². The molecule has 0 aromatic carbocycles. The molecule has 4 nitrogen and oxygen atoms in total. The molecule has 1 fully saturated rings. The van der Waals surface area contributed by atoms with E-state index < -0.39 is 0 Å². The molecule has 1 aliphatic heterocycles. The first-order valence-corrected chi connectivity index (χ1v) is 4.74. The fourth-order valence-corrected chi connectivity index (χ4v) is 1.39. The maximum Gasteiger partial charge on any atom is 4.00 e. The van der Waals surface area contributed by atoms with E-state index in [9.17, 15) is 0 Å². The number of halogens is 3. The molecule has 0 unspecified atom stereocenters.